The van der Waals surface area contributed by atoms with E-state index in [2.05, 4.69) is 21.2 Å². The number of halogens is 5. The molecule has 0 aliphatic carbocycles. The monoisotopic (exact) mass is 373 g/mol. The molecule has 1 aromatic carbocycles. The molecule has 0 heterocycles. The van der Waals surface area contributed by atoms with Crippen LogP contribution in [0.25, 0.3) is 0 Å². The van der Waals surface area contributed by atoms with Gasteiger partial charge in [-0.05, 0) is 18.2 Å². The first-order chi connectivity index (χ1) is 9.29. The summed E-state index contributed by atoms with van der Waals surface area (Å²) < 4.78 is 43.8. The third-order valence-corrected chi connectivity index (χ3v) is 3.29. The van der Waals surface area contributed by atoms with Crippen molar-refractivity contribution in [2.75, 3.05) is 19.6 Å². The number of hydrogen-bond acceptors (Lipinski definition) is 2. The van der Waals surface area contributed by atoms with Gasteiger partial charge in [0.15, 0.2) is 0 Å². The van der Waals surface area contributed by atoms with Gasteiger partial charge in [0.25, 0.3) is 5.91 Å². The van der Waals surface area contributed by atoms with E-state index >= 15 is 0 Å². The third-order valence-electron chi connectivity index (χ3n) is 2.42. The molecule has 0 saturated heterocycles. The highest BCUT2D eigenvalue weighted by molar-refractivity contribution is 9.10. The molecule has 3 nitrogen and oxygen atoms in total. The van der Waals surface area contributed by atoms with E-state index in [9.17, 15) is 18.0 Å². The van der Waals surface area contributed by atoms with Crippen LogP contribution in [0.15, 0.2) is 22.7 Å². The molecule has 1 amide bonds. The Morgan fingerprint density at radius 1 is 1.50 bits per heavy atom. The molecule has 1 N–H and O–H groups in total. The first-order valence-corrected chi connectivity index (χ1v) is 6.84. The van der Waals surface area contributed by atoms with Gasteiger partial charge in [-0.15, -0.1) is 11.6 Å². The lowest BCUT2D eigenvalue weighted by Crippen LogP contribution is -2.40. The van der Waals surface area contributed by atoms with Crippen LogP contribution in [0.4, 0.5) is 13.2 Å². The number of methoxy groups -OCH3 is 1. The highest BCUT2D eigenvalue weighted by Gasteiger charge is 2.35. The van der Waals surface area contributed by atoms with Gasteiger partial charge in [-0.1, -0.05) is 15.9 Å². The Morgan fingerprint density at radius 3 is 2.65 bits per heavy atom. The van der Waals surface area contributed by atoms with Crippen LogP contribution >= 0.6 is 27.5 Å². The Kier molecular flexibility index (Phi) is 6.29. The van der Waals surface area contributed by atoms with Crippen LogP contribution in [-0.2, 0) is 10.9 Å². The third kappa shape index (κ3) is 4.64. The Hall–Kier alpha value is -0.790. The summed E-state index contributed by atoms with van der Waals surface area (Å²) in [6.45, 7) is 0.118. The Bertz CT molecular complexity index is 482. The van der Waals surface area contributed by atoms with Crippen molar-refractivity contribution in [3.8, 4) is 0 Å². The van der Waals surface area contributed by atoms with E-state index in [1.165, 1.54) is 13.2 Å². The maximum Gasteiger partial charge on any atom is 0.417 e. The van der Waals surface area contributed by atoms with Gasteiger partial charge in [0.1, 0.15) is 0 Å². The predicted molar refractivity (Wildman–Crippen MR) is 73.0 cm³/mol. The molecule has 1 rings (SSSR count). The summed E-state index contributed by atoms with van der Waals surface area (Å²) in [5, 5.41) is 2.40. The van der Waals surface area contributed by atoms with E-state index in [1.54, 1.807) is 0 Å². The second-order valence-electron chi connectivity index (χ2n) is 3.97. The summed E-state index contributed by atoms with van der Waals surface area (Å²) in [5.41, 5.74) is -1.46. The number of carbonyl (C=O) groups excluding carboxylic acids is 1. The van der Waals surface area contributed by atoms with Gasteiger partial charge in [0.05, 0.1) is 23.8 Å². The van der Waals surface area contributed by atoms with Gasteiger partial charge in [-0.2, -0.15) is 13.2 Å². The fourth-order valence-electron chi connectivity index (χ4n) is 1.54. The van der Waals surface area contributed by atoms with E-state index in [1.807, 2.05) is 0 Å². The largest absolute Gasteiger partial charge is 0.417 e. The van der Waals surface area contributed by atoms with Crippen LogP contribution in [0.2, 0.25) is 0 Å². The van der Waals surface area contributed by atoms with E-state index in [0.29, 0.717) is 0 Å². The van der Waals surface area contributed by atoms with E-state index in [4.69, 9.17) is 16.3 Å². The molecule has 0 aromatic heterocycles. The first-order valence-electron chi connectivity index (χ1n) is 5.52. The molecule has 0 bridgehead atoms. The minimum atomic E-state index is -4.62. The quantitative estimate of drug-likeness (QED) is 0.802. The van der Waals surface area contributed by atoms with Crippen LogP contribution in [0.1, 0.15) is 15.9 Å². The summed E-state index contributed by atoms with van der Waals surface area (Å²) >= 11 is 8.56. The predicted octanol–water partition coefficient (Wildman–Crippen LogP) is 3.45. The van der Waals surface area contributed by atoms with E-state index < -0.39 is 29.3 Å². The topological polar surface area (TPSA) is 38.3 Å². The van der Waals surface area contributed by atoms with Crippen molar-refractivity contribution in [1.29, 1.82) is 0 Å². The molecule has 1 unspecified atom stereocenters. The minimum Gasteiger partial charge on any atom is -0.383 e. The standard InChI is InChI=1S/C12H12BrClF3NO2/c1-20-6-8(5-14)18-11(19)9-3-2-7(13)4-10(9)12(15,16)17/h2-4,8H,5-6H2,1H3,(H,18,19). The van der Waals surface area contributed by atoms with Crippen LogP contribution < -0.4 is 5.32 Å². The summed E-state index contributed by atoms with van der Waals surface area (Å²) in [6.07, 6.45) is -4.62. The first kappa shape index (κ1) is 17.3. The second-order valence-corrected chi connectivity index (χ2v) is 5.19. The summed E-state index contributed by atoms with van der Waals surface area (Å²) in [4.78, 5) is 11.9. The molecular weight excluding hydrogens is 362 g/mol. The van der Waals surface area contributed by atoms with Crippen molar-refractivity contribution >= 4 is 33.4 Å². The lowest BCUT2D eigenvalue weighted by atomic mass is 10.1. The van der Waals surface area contributed by atoms with Crippen molar-refractivity contribution in [3.05, 3.63) is 33.8 Å². The molecule has 1 atom stereocenters. The highest BCUT2D eigenvalue weighted by Crippen LogP contribution is 2.33. The average molecular weight is 375 g/mol. The number of alkyl halides is 4. The van der Waals surface area contributed by atoms with Crippen LogP contribution in [-0.4, -0.2) is 31.5 Å². The second kappa shape index (κ2) is 7.28. The SMILES string of the molecule is COCC(CCl)NC(=O)c1ccc(Br)cc1C(F)(F)F. The molecule has 0 spiro atoms. The highest BCUT2D eigenvalue weighted by atomic mass is 79.9. The van der Waals surface area contributed by atoms with Gasteiger partial charge in [0, 0.05) is 17.5 Å². The number of benzene rings is 1. The molecule has 0 radical (unpaired) electrons. The lowest BCUT2D eigenvalue weighted by molar-refractivity contribution is -0.138. The zero-order valence-electron chi connectivity index (χ0n) is 10.4. The number of ether oxygens (including phenoxy) is 1. The summed E-state index contributed by atoms with van der Waals surface area (Å²) in [6, 6.07) is 2.79. The zero-order valence-corrected chi connectivity index (χ0v) is 12.8. The molecule has 0 aliphatic rings. The molecular formula is C12H12BrClF3NO2. The summed E-state index contributed by atoms with van der Waals surface area (Å²) in [7, 11) is 1.41. The van der Waals surface area contributed by atoms with E-state index in [-0.39, 0.29) is 17.0 Å². The Labute approximate surface area is 127 Å². The molecule has 20 heavy (non-hydrogen) atoms. The van der Waals surface area contributed by atoms with Crippen LogP contribution in [0.3, 0.4) is 0 Å². The summed E-state index contributed by atoms with van der Waals surface area (Å²) in [5.74, 6) is -0.801. The Morgan fingerprint density at radius 2 is 2.15 bits per heavy atom. The molecule has 112 valence electrons. The maximum atomic E-state index is 12.9. The van der Waals surface area contributed by atoms with Crippen molar-refractivity contribution in [2.45, 2.75) is 12.2 Å². The number of nitrogens with one attached hydrogen (secondary N) is 1. The molecule has 0 fully saturated rings. The van der Waals surface area contributed by atoms with Crippen molar-refractivity contribution in [2.24, 2.45) is 0 Å². The minimum absolute atomic E-state index is 0.0391. The number of hydrogen-bond donors (Lipinski definition) is 1. The average Bonchev–Trinajstić information content (AvgIpc) is 2.36. The molecule has 0 aliphatic heterocycles. The molecule has 1 aromatic rings. The van der Waals surface area contributed by atoms with Gasteiger partial charge in [-0.3, -0.25) is 4.79 Å². The fraction of sp³-hybridized carbons (Fsp3) is 0.417. The number of carbonyl (C=O) groups is 1. The van der Waals surface area contributed by atoms with Crippen LogP contribution in [0, 0.1) is 0 Å². The van der Waals surface area contributed by atoms with Gasteiger partial charge < -0.3 is 10.1 Å². The number of rotatable bonds is 5. The van der Waals surface area contributed by atoms with Gasteiger partial charge >= 0.3 is 6.18 Å². The van der Waals surface area contributed by atoms with Crippen LogP contribution in [0.5, 0.6) is 0 Å². The molecule has 8 heteroatoms. The van der Waals surface area contributed by atoms with Gasteiger partial charge in [-0.25, -0.2) is 0 Å². The van der Waals surface area contributed by atoms with Gasteiger partial charge in [0.2, 0.25) is 0 Å². The number of amides is 1. The lowest BCUT2D eigenvalue weighted by Gasteiger charge is -2.17. The fourth-order valence-corrected chi connectivity index (χ4v) is 2.07. The Balaban J connectivity index is 3.04. The van der Waals surface area contributed by atoms with E-state index in [0.717, 1.165) is 12.1 Å². The normalized spacial score (nSPS) is 13.1. The van der Waals surface area contributed by atoms with Crippen molar-refractivity contribution in [1.82, 2.24) is 5.32 Å². The molecule has 0 saturated carbocycles. The van der Waals surface area contributed by atoms with Crippen molar-refractivity contribution in [3.63, 3.8) is 0 Å². The smallest absolute Gasteiger partial charge is 0.383 e. The van der Waals surface area contributed by atoms with Crippen molar-refractivity contribution < 1.29 is 22.7 Å². The maximum absolute atomic E-state index is 12.9. The zero-order chi connectivity index (χ0) is 15.3.